The molecule has 1 amide bonds. The summed E-state index contributed by atoms with van der Waals surface area (Å²) in [6.07, 6.45) is 71.4. The molecule has 6 nitrogen and oxygen atoms in total. The van der Waals surface area contributed by atoms with Gasteiger partial charge >= 0.3 is 5.97 Å². The third-order valence-corrected chi connectivity index (χ3v) is 13.9. The van der Waals surface area contributed by atoms with E-state index in [0.29, 0.717) is 25.9 Å². The maximum atomic E-state index is 12.5. The first-order chi connectivity index (χ1) is 33.5. The number of unbranched alkanes of at least 4 members (excludes halogenated alkanes) is 39. The van der Waals surface area contributed by atoms with Gasteiger partial charge < -0.3 is 20.3 Å². The van der Waals surface area contributed by atoms with Crippen LogP contribution in [0.5, 0.6) is 0 Å². The van der Waals surface area contributed by atoms with Crippen LogP contribution in [0.2, 0.25) is 0 Å². The number of hydrogen-bond acceptors (Lipinski definition) is 5. The summed E-state index contributed by atoms with van der Waals surface area (Å²) in [5.41, 5.74) is 0. The number of aliphatic hydroxyl groups is 2. The number of esters is 1. The number of nitrogens with one attached hydrogen (secondary N) is 1. The Morgan fingerprint density at radius 2 is 0.735 bits per heavy atom. The van der Waals surface area contributed by atoms with Gasteiger partial charge in [-0.2, -0.15) is 0 Å². The number of carbonyl (C=O) groups is 2. The zero-order valence-electron chi connectivity index (χ0n) is 45.6. The van der Waals surface area contributed by atoms with E-state index in [2.05, 4.69) is 55.6 Å². The molecule has 0 bridgehead atoms. The fourth-order valence-corrected chi connectivity index (χ4v) is 9.25. The van der Waals surface area contributed by atoms with Crippen molar-refractivity contribution in [2.75, 3.05) is 13.2 Å². The van der Waals surface area contributed by atoms with E-state index in [9.17, 15) is 19.8 Å². The van der Waals surface area contributed by atoms with Crippen LogP contribution in [-0.2, 0) is 14.3 Å². The van der Waals surface area contributed by atoms with Crippen molar-refractivity contribution in [3.05, 3.63) is 36.5 Å². The molecule has 0 aliphatic heterocycles. The summed E-state index contributed by atoms with van der Waals surface area (Å²) in [6.45, 7) is 4.92. The molecule has 400 valence electrons. The van der Waals surface area contributed by atoms with Gasteiger partial charge in [-0.05, 0) is 83.5 Å². The van der Waals surface area contributed by atoms with E-state index >= 15 is 0 Å². The number of carbonyl (C=O) groups excluding carboxylic acids is 2. The Kier molecular flexibility index (Phi) is 56.0. The van der Waals surface area contributed by atoms with Crippen molar-refractivity contribution in [2.24, 2.45) is 0 Å². The first-order valence-electron chi connectivity index (χ1n) is 30.2. The minimum absolute atomic E-state index is 0.000192. The maximum absolute atomic E-state index is 12.5. The maximum Gasteiger partial charge on any atom is 0.305 e. The summed E-state index contributed by atoms with van der Waals surface area (Å²) in [6, 6.07) is -0.548. The van der Waals surface area contributed by atoms with Crippen molar-refractivity contribution in [1.29, 1.82) is 0 Å². The number of hydrogen-bond donors (Lipinski definition) is 3. The zero-order chi connectivity index (χ0) is 49.3. The van der Waals surface area contributed by atoms with Crippen molar-refractivity contribution in [2.45, 2.75) is 334 Å². The molecule has 6 heteroatoms. The molecule has 0 saturated heterocycles. The van der Waals surface area contributed by atoms with E-state index in [1.165, 1.54) is 238 Å². The van der Waals surface area contributed by atoms with Crippen LogP contribution in [0.25, 0.3) is 0 Å². The van der Waals surface area contributed by atoms with Gasteiger partial charge in [0.2, 0.25) is 5.91 Å². The van der Waals surface area contributed by atoms with E-state index in [-0.39, 0.29) is 18.5 Å². The van der Waals surface area contributed by atoms with Crippen molar-refractivity contribution in [3.8, 4) is 0 Å². The molecule has 2 atom stereocenters. The van der Waals surface area contributed by atoms with Gasteiger partial charge in [-0.25, -0.2) is 0 Å². The average molecular weight is 957 g/mol. The Labute approximate surface area is 424 Å². The Balaban J connectivity index is 3.42. The fourth-order valence-electron chi connectivity index (χ4n) is 9.25. The molecular weight excluding hydrogens is 839 g/mol. The SMILES string of the molecule is CCCCC/C=C\C/C=C\CCCCCCCCCCCC(=O)OCCCCCCCCCC/C=C\CCCCCCCCCC(=O)NC(CO)C(O)CCCCCCCCCCCCCCC. The molecule has 0 rings (SSSR count). The van der Waals surface area contributed by atoms with Gasteiger partial charge in [0.1, 0.15) is 0 Å². The van der Waals surface area contributed by atoms with Gasteiger partial charge in [-0.15, -0.1) is 0 Å². The van der Waals surface area contributed by atoms with Crippen molar-refractivity contribution in [3.63, 3.8) is 0 Å². The van der Waals surface area contributed by atoms with Gasteiger partial charge in [0.25, 0.3) is 0 Å². The molecular formula is C62H117NO5. The second-order valence-corrected chi connectivity index (χ2v) is 20.7. The van der Waals surface area contributed by atoms with Crippen LogP contribution in [-0.4, -0.2) is 47.4 Å². The van der Waals surface area contributed by atoms with E-state index in [4.69, 9.17) is 4.74 Å². The highest BCUT2D eigenvalue weighted by Crippen LogP contribution is 2.17. The lowest BCUT2D eigenvalue weighted by Crippen LogP contribution is -2.45. The summed E-state index contributed by atoms with van der Waals surface area (Å²) >= 11 is 0. The fraction of sp³-hybridized carbons (Fsp3) is 0.871. The van der Waals surface area contributed by atoms with E-state index in [0.717, 1.165) is 51.4 Å². The van der Waals surface area contributed by atoms with E-state index in [1.807, 2.05) is 0 Å². The molecule has 0 aromatic rings. The summed E-state index contributed by atoms with van der Waals surface area (Å²) in [4.78, 5) is 24.5. The standard InChI is InChI=1S/C62H117NO5/c1-3-5-7-9-11-13-15-17-18-19-21-25-28-32-36-40-44-48-52-56-62(67)68-57-53-49-45-41-37-33-29-26-23-20-22-24-27-31-35-39-43-47-51-55-61(66)63-59(58-64)60(65)54-50-46-42-38-34-30-16-14-12-10-8-6-4-2/h11,13,17-18,20,22,59-60,64-65H,3-10,12,14-16,19,21,23-58H2,1-2H3,(H,63,66)/b13-11-,18-17-,22-20-. The minimum atomic E-state index is -0.670. The largest absolute Gasteiger partial charge is 0.466 e. The normalized spacial score (nSPS) is 12.8. The van der Waals surface area contributed by atoms with Crippen LogP contribution in [0.3, 0.4) is 0 Å². The van der Waals surface area contributed by atoms with Crippen molar-refractivity contribution < 1.29 is 24.5 Å². The van der Waals surface area contributed by atoms with Gasteiger partial charge in [0.15, 0.2) is 0 Å². The molecule has 0 fully saturated rings. The lowest BCUT2D eigenvalue weighted by atomic mass is 10.0. The van der Waals surface area contributed by atoms with Crippen molar-refractivity contribution in [1.82, 2.24) is 5.32 Å². The lowest BCUT2D eigenvalue weighted by Gasteiger charge is -2.22. The van der Waals surface area contributed by atoms with E-state index < -0.39 is 12.1 Å². The van der Waals surface area contributed by atoms with Gasteiger partial charge in [0, 0.05) is 12.8 Å². The first-order valence-corrected chi connectivity index (χ1v) is 30.2. The smallest absolute Gasteiger partial charge is 0.305 e. The molecule has 0 aliphatic carbocycles. The van der Waals surface area contributed by atoms with Crippen molar-refractivity contribution >= 4 is 11.9 Å². The molecule has 68 heavy (non-hydrogen) atoms. The molecule has 0 heterocycles. The van der Waals surface area contributed by atoms with Crippen LogP contribution < -0.4 is 5.32 Å². The first kappa shape index (κ1) is 66.1. The summed E-state index contributed by atoms with van der Waals surface area (Å²) in [5, 5.41) is 23.2. The summed E-state index contributed by atoms with van der Waals surface area (Å²) in [5.74, 6) is -0.0443. The molecule has 0 spiro atoms. The summed E-state index contributed by atoms with van der Waals surface area (Å²) < 4.78 is 5.49. The number of rotatable bonds is 56. The second-order valence-electron chi connectivity index (χ2n) is 20.7. The van der Waals surface area contributed by atoms with Crippen LogP contribution in [0.15, 0.2) is 36.5 Å². The monoisotopic (exact) mass is 956 g/mol. The Morgan fingerprint density at radius 1 is 0.412 bits per heavy atom. The predicted octanol–water partition coefficient (Wildman–Crippen LogP) is 18.8. The number of aliphatic hydroxyl groups excluding tert-OH is 2. The Bertz CT molecular complexity index is 1100. The topological polar surface area (TPSA) is 95.9 Å². The van der Waals surface area contributed by atoms with Gasteiger partial charge in [-0.1, -0.05) is 262 Å². The highest BCUT2D eigenvalue weighted by Gasteiger charge is 2.20. The van der Waals surface area contributed by atoms with E-state index in [1.54, 1.807) is 0 Å². The highest BCUT2D eigenvalue weighted by atomic mass is 16.5. The number of amides is 1. The van der Waals surface area contributed by atoms with Crippen LogP contribution in [0.1, 0.15) is 322 Å². The Hall–Kier alpha value is -1.92. The van der Waals surface area contributed by atoms with Gasteiger partial charge in [0.05, 0.1) is 25.4 Å². The molecule has 0 saturated carbocycles. The molecule has 0 aliphatic rings. The number of allylic oxidation sites excluding steroid dienone is 6. The third-order valence-electron chi connectivity index (χ3n) is 13.9. The third kappa shape index (κ3) is 53.4. The quantitative estimate of drug-likeness (QED) is 0.0321. The lowest BCUT2D eigenvalue weighted by molar-refractivity contribution is -0.143. The molecule has 0 aromatic heterocycles. The minimum Gasteiger partial charge on any atom is -0.466 e. The number of ether oxygens (including phenoxy) is 1. The second kappa shape index (κ2) is 57.7. The van der Waals surface area contributed by atoms with Crippen LogP contribution >= 0.6 is 0 Å². The zero-order valence-corrected chi connectivity index (χ0v) is 45.6. The highest BCUT2D eigenvalue weighted by molar-refractivity contribution is 5.76. The van der Waals surface area contributed by atoms with Crippen LogP contribution in [0, 0.1) is 0 Å². The molecule has 2 unspecified atom stereocenters. The Morgan fingerprint density at radius 3 is 1.16 bits per heavy atom. The molecule has 0 radical (unpaired) electrons. The predicted molar refractivity (Wildman–Crippen MR) is 296 cm³/mol. The van der Waals surface area contributed by atoms with Gasteiger partial charge in [-0.3, -0.25) is 9.59 Å². The average Bonchev–Trinajstić information content (AvgIpc) is 3.34. The molecule has 3 N–H and O–H groups in total. The molecule has 0 aromatic carbocycles. The van der Waals surface area contributed by atoms with Crippen LogP contribution in [0.4, 0.5) is 0 Å². The summed E-state index contributed by atoms with van der Waals surface area (Å²) in [7, 11) is 0.